The molecular weight excluding hydrogens is 178 g/mol. The Morgan fingerprint density at radius 1 is 1.57 bits per heavy atom. The quantitative estimate of drug-likeness (QED) is 0.783. The fourth-order valence-electron chi connectivity index (χ4n) is 1.94. The van der Waals surface area contributed by atoms with E-state index in [1.165, 1.54) is 6.42 Å². The van der Waals surface area contributed by atoms with Crippen molar-refractivity contribution in [2.24, 2.45) is 11.7 Å². The van der Waals surface area contributed by atoms with Crippen molar-refractivity contribution in [2.45, 2.75) is 37.5 Å². The van der Waals surface area contributed by atoms with Gasteiger partial charge in [0.05, 0.1) is 5.41 Å². The molecule has 2 saturated carbocycles. The first-order valence-electron chi connectivity index (χ1n) is 5.29. The second kappa shape index (κ2) is 2.57. The average molecular weight is 193 g/mol. The van der Waals surface area contributed by atoms with Crippen LogP contribution in [0.3, 0.4) is 0 Å². The lowest BCUT2D eigenvalue weighted by Gasteiger charge is -2.03. The Labute approximate surface area is 82.9 Å². The van der Waals surface area contributed by atoms with Crippen LogP contribution in [-0.4, -0.2) is 16.7 Å². The minimum atomic E-state index is 0.0450. The number of hydrogen-bond acceptors (Lipinski definition) is 4. The third-order valence-corrected chi connectivity index (χ3v) is 3.58. The highest BCUT2D eigenvalue weighted by Crippen LogP contribution is 2.49. The van der Waals surface area contributed by atoms with E-state index in [9.17, 15) is 0 Å². The van der Waals surface area contributed by atoms with Crippen LogP contribution < -0.4 is 5.73 Å². The van der Waals surface area contributed by atoms with Gasteiger partial charge in [-0.25, -0.2) is 0 Å². The Hall–Kier alpha value is -0.900. The van der Waals surface area contributed by atoms with Gasteiger partial charge in [-0.15, -0.1) is 0 Å². The number of hydrogen-bond donors (Lipinski definition) is 1. The van der Waals surface area contributed by atoms with Crippen LogP contribution in [0.2, 0.25) is 0 Å². The lowest BCUT2D eigenvalue weighted by molar-refractivity contribution is 0.343. The van der Waals surface area contributed by atoms with E-state index >= 15 is 0 Å². The molecule has 2 fully saturated rings. The maximum atomic E-state index is 5.70. The van der Waals surface area contributed by atoms with Gasteiger partial charge in [-0.1, -0.05) is 12.1 Å². The number of nitrogens with two attached hydrogens (primary N) is 1. The van der Waals surface area contributed by atoms with Gasteiger partial charge in [-0.2, -0.15) is 4.98 Å². The van der Waals surface area contributed by atoms with Crippen LogP contribution in [0.5, 0.6) is 0 Å². The van der Waals surface area contributed by atoms with E-state index < -0.39 is 0 Å². The third-order valence-electron chi connectivity index (χ3n) is 3.58. The molecule has 4 nitrogen and oxygen atoms in total. The van der Waals surface area contributed by atoms with Gasteiger partial charge >= 0.3 is 0 Å². The summed E-state index contributed by atoms with van der Waals surface area (Å²) in [6.45, 7) is 2.85. The molecule has 0 aromatic carbocycles. The monoisotopic (exact) mass is 193 g/mol. The van der Waals surface area contributed by atoms with Crippen LogP contribution in [0.1, 0.15) is 43.8 Å². The lowest BCUT2D eigenvalue weighted by atomic mass is 10.1. The fourth-order valence-corrected chi connectivity index (χ4v) is 1.94. The van der Waals surface area contributed by atoms with Crippen molar-refractivity contribution in [2.75, 3.05) is 6.54 Å². The smallest absolute Gasteiger partial charge is 0.234 e. The third kappa shape index (κ3) is 1.10. The van der Waals surface area contributed by atoms with Gasteiger partial charge in [-0.3, -0.25) is 0 Å². The molecule has 1 aromatic heterocycles. The van der Waals surface area contributed by atoms with Crippen LogP contribution >= 0.6 is 0 Å². The molecule has 1 heterocycles. The molecule has 0 amide bonds. The highest BCUT2D eigenvalue weighted by atomic mass is 16.5. The molecular formula is C10H15N3O. The van der Waals surface area contributed by atoms with Crippen LogP contribution in [0, 0.1) is 5.92 Å². The van der Waals surface area contributed by atoms with Gasteiger partial charge in [0.1, 0.15) is 0 Å². The Morgan fingerprint density at radius 2 is 2.29 bits per heavy atom. The Morgan fingerprint density at radius 3 is 2.79 bits per heavy atom. The molecule has 1 aromatic rings. The van der Waals surface area contributed by atoms with Gasteiger partial charge in [-0.05, 0) is 25.2 Å². The Balaban J connectivity index is 1.84. The van der Waals surface area contributed by atoms with Crippen molar-refractivity contribution in [3.8, 4) is 0 Å². The van der Waals surface area contributed by atoms with E-state index in [0.717, 1.165) is 30.5 Å². The van der Waals surface area contributed by atoms with Gasteiger partial charge in [0, 0.05) is 12.5 Å². The van der Waals surface area contributed by atoms with Gasteiger partial charge < -0.3 is 10.3 Å². The summed E-state index contributed by atoms with van der Waals surface area (Å²) in [4.78, 5) is 4.47. The molecule has 2 aliphatic rings. The average Bonchev–Trinajstić information content (AvgIpc) is 3.08. The van der Waals surface area contributed by atoms with Crippen LogP contribution in [0.25, 0.3) is 0 Å². The van der Waals surface area contributed by atoms with Gasteiger partial charge in [0.15, 0.2) is 5.82 Å². The number of nitrogens with zero attached hydrogens (tertiary/aromatic N) is 2. The molecule has 2 atom stereocenters. The number of aromatic nitrogens is 2. The van der Waals surface area contributed by atoms with Crippen molar-refractivity contribution in [1.29, 1.82) is 0 Å². The summed E-state index contributed by atoms with van der Waals surface area (Å²) in [5, 5.41) is 4.04. The Kier molecular flexibility index (Phi) is 1.54. The van der Waals surface area contributed by atoms with E-state index in [1.54, 1.807) is 0 Å². The van der Waals surface area contributed by atoms with E-state index in [-0.39, 0.29) is 5.41 Å². The van der Waals surface area contributed by atoms with Crippen molar-refractivity contribution in [1.82, 2.24) is 10.1 Å². The van der Waals surface area contributed by atoms with Crippen molar-refractivity contribution in [3.63, 3.8) is 0 Å². The standard InChI is InChI=1S/C10H15N3O/c1-6-4-7(6)8-12-9(14-13-8)10(5-11)2-3-10/h6-7H,2-5,11H2,1H3. The molecule has 0 saturated heterocycles. The second-order valence-corrected chi connectivity index (χ2v) is 4.76. The van der Waals surface area contributed by atoms with Crippen molar-refractivity contribution < 1.29 is 4.52 Å². The largest absolute Gasteiger partial charge is 0.339 e. The zero-order chi connectivity index (χ0) is 9.76. The van der Waals surface area contributed by atoms with Gasteiger partial charge in [0.25, 0.3) is 0 Å². The van der Waals surface area contributed by atoms with Crippen LogP contribution in [-0.2, 0) is 5.41 Å². The first kappa shape index (κ1) is 8.41. The van der Waals surface area contributed by atoms with E-state index in [2.05, 4.69) is 17.1 Å². The fraction of sp³-hybridized carbons (Fsp3) is 0.800. The number of rotatable bonds is 3. The zero-order valence-corrected chi connectivity index (χ0v) is 8.36. The molecule has 2 aliphatic carbocycles. The van der Waals surface area contributed by atoms with E-state index in [4.69, 9.17) is 10.3 Å². The first-order valence-corrected chi connectivity index (χ1v) is 5.29. The van der Waals surface area contributed by atoms with Crippen LogP contribution in [0.4, 0.5) is 0 Å². The minimum absolute atomic E-state index is 0.0450. The lowest BCUT2D eigenvalue weighted by Crippen LogP contribution is -2.20. The molecule has 0 aliphatic heterocycles. The summed E-state index contributed by atoms with van der Waals surface area (Å²) in [6.07, 6.45) is 3.41. The summed E-state index contributed by atoms with van der Waals surface area (Å²) >= 11 is 0. The molecule has 14 heavy (non-hydrogen) atoms. The molecule has 3 rings (SSSR count). The summed E-state index contributed by atoms with van der Waals surface area (Å²) in [5.74, 6) is 2.94. The van der Waals surface area contributed by atoms with Crippen molar-refractivity contribution >= 4 is 0 Å². The molecule has 76 valence electrons. The van der Waals surface area contributed by atoms with Crippen LogP contribution in [0.15, 0.2) is 4.52 Å². The Bertz CT molecular complexity index is 356. The minimum Gasteiger partial charge on any atom is -0.339 e. The first-order chi connectivity index (χ1) is 6.75. The SMILES string of the molecule is CC1CC1c1noc(C2(CN)CC2)n1. The molecule has 0 bridgehead atoms. The maximum absolute atomic E-state index is 5.70. The summed E-state index contributed by atoms with van der Waals surface area (Å²) in [6, 6.07) is 0. The van der Waals surface area contributed by atoms with E-state index in [1.807, 2.05) is 0 Å². The summed E-state index contributed by atoms with van der Waals surface area (Å²) in [5.41, 5.74) is 5.75. The topological polar surface area (TPSA) is 64.9 Å². The normalized spacial score (nSPS) is 33.0. The van der Waals surface area contributed by atoms with Gasteiger partial charge in [0.2, 0.25) is 5.89 Å². The molecule has 0 radical (unpaired) electrons. The molecule has 2 unspecified atom stereocenters. The molecule has 2 N–H and O–H groups in total. The molecule has 4 heteroatoms. The summed E-state index contributed by atoms with van der Waals surface area (Å²) in [7, 11) is 0. The zero-order valence-electron chi connectivity index (χ0n) is 8.36. The highest BCUT2D eigenvalue weighted by molar-refractivity contribution is 5.18. The highest BCUT2D eigenvalue weighted by Gasteiger charge is 2.49. The van der Waals surface area contributed by atoms with E-state index in [0.29, 0.717) is 12.5 Å². The predicted octanol–water partition coefficient (Wildman–Crippen LogP) is 1.18. The maximum Gasteiger partial charge on any atom is 0.234 e. The molecule has 0 spiro atoms. The summed E-state index contributed by atoms with van der Waals surface area (Å²) < 4.78 is 5.29. The second-order valence-electron chi connectivity index (χ2n) is 4.76. The predicted molar refractivity (Wildman–Crippen MR) is 50.8 cm³/mol. The van der Waals surface area contributed by atoms with Crippen molar-refractivity contribution in [3.05, 3.63) is 11.7 Å².